The molecule has 0 saturated heterocycles. The molecule has 2 N–H and O–H groups in total. The fraction of sp³-hybridized carbons (Fsp3) is 0.143. The van der Waals surface area contributed by atoms with E-state index >= 15 is 0 Å². The average Bonchev–Trinajstić information content (AvgIpc) is 2.86. The first-order chi connectivity index (χ1) is 9.52. The number of carbonyl (C=O) groups is 2. The van der Waals surface area contributed by atoms with Crippen LogP contribution in [0.25, 0.3) is 0 Å². The van der Waals surface area contributed by atoms with Gasteiger partial charge in [0.05, 0.1) is 16.1 Å². The van der Waals surface area contributed by atoms with Crippen LogP contribution in [0.4, 0.5) is 5.69 Å². The molecule has 104 valence electrons. The Labute approximate surface area is 125 Å². The summed E-state index contributed by atoms with van der Waals surface area (Å²) in [6.07, 6.45) is 0.744. The van der Waals surface area contributed by atoms with Gasteiger partial charge in [0, 0.05) is 5.02 Å². The lowest BCUT2D eigenvalue weighted by Crippen LogP contribution is -2.15. The molecule has 0 unspecified atom stereocenters. The number of anilines is 1. The summed E-state index contributed by atoms with van der Waals surface area (Å²) < 4.78 is 0. The van der Waals surface area contributed by atoms with E-state index in [1.165, 1.54) is 29.5 Å². The highest BCUT2D eigenvalue weighted by Crippen LogP contribution is 2.24. The molecule has 1 amide bonds. The van der Waals surface area contributed by atoms with Gasteiger partial charge in [-0.15, -0.1) is 11.3 Å². The van der Waals surface area contributed by atoms with Gasteiger partial charge in [-0.2, -0.15) is 0 Å². The number of hydrogen-bond donors (Lipinski definition) is 2. The van der Waals surface area contributed by atoms with E-state index in [2.05, 4.69) is 5.32 Å². The molecule has 2 rings (SSSR count). The van der Waals surface area contributed by atoms with Crippen LogP contribution in [-0.2, 0) is 6.42 Å². The molecule has 0 radical (unpaired) electrons. The van der Waals surface area contributed by atoms with Gasteiger partial charge in [-0.25, -0.2) is 4.79 Å². The summed E-state index contributed by atoms with van der Waals surface area (Å²) in [7, 11) is 0. The molecule has 20 heavy (non-hydrogen) atoms. The van der Waals surface area contributed by atoms with Crippen molar-refractivity contribution < 1.29 is 14.7 Å². The van der Waals surface area contributed by atoms with Crippen LogP contribution in [0, 0.1) is 0 Å². The van der Waals surface area contributed by atoms with Gasteiger partial charge in [-0.3, -0.25) is 4.79 Å². The van der Waals surface area contributed by atoms with Crippen LogP contribution in [0.1, 0.15) is 32.5 Å². The minimum absolute atomic E-state index is 0.0114. The van der Waals surface area contributed by atoms with Crippen molar-refractivity contribution in [1.82, 2.24) is 0 Å². The number of halogens is 1. The molecule has 0 atom stereocenters. The summed E-state index contributed by atoms with van der Waals surface area (Å²) in [5.41, 5.74) is 1.15. The summed E-state index contributed by atoms with van der Waals surface area (Å²) in [5, 5.41) is 13.9. The normalized spacial score (nSPS) is 10.3. The SMILES string of the molecule is CCc1ccsc1C(=O)Nc1cc(Cl)ccc1C(=O)O. The van der Waals surface area contributed by atoms with Gasteiger partial charge in [0.2, 0.25) is 0 Å². The van der Waals surface area contributed by atoms with Gasteiger partial charge >= 0.3 is 5.97 Å². The lowest BCUT2D eigenvalue weighted by atomic mass is 10.1. The van der Waals surface area contributed by atoms with Crippen LogP contribution in [0.5, 0.6) is 0 Å². The molecule has 4 nitrogen and oxygen atoms in total. The van der Waals surface area contributed by atoms with E-state index in [1.54, 1.807) is 0 Å². The third kappa shape index (κ3) is 3.00. The molecule has 0 bridgehead atoms. The maximum Gasteiger partial charge on any atom is 0.337 e. The van der Waals surface area contributed by atoms with Crippen LogP contribution in [0.15, 0.2) is 29.6 Å². The molecule has 6 heteroatoms. The minimum Gasteiger partial charge on any atom is -0.478 e. The lowest BCUT2D eigenvalue weighted by Gasteiger charge is -2.09. The quantitative estimate of drug-likeness (QED) is 0.899. The Morgan fingerprint density at radius 1 is 1.35 bits per heavy atom. The highest BCUT2D eigenvalue weighted by atomic mass is 35.5. The molecule has 1 heterocycles. The molecule has 0 aliphatic heterocycles. The zero-order valence-corrected chi connectivity index (χ0v) is 12.2. The number of carboxylic acids is 1. The third-order valence-electron chi connectivity index (χ3n) is 2.79. The standard InChI is InChI=1S/C14H12ClNO3S/c1-2-8-5-6-20-12(8)13(17)16-11-7-9(15)3-4-10(11)14(18)19/h3-7H,2H2,1H3,(H,16,17)(H,18,19). The minimum atomic E-state index is -1.11. The number of aromatic carboxylic acids is 1. The molecule has 0 aliphatic carbocycles. The second-order valence-corrected chi connectivity index (χ2v) is 5.43. The van der Waals surface area contributed by atoms with Gasteiger partial charge in [0.15, 0.2) is 0 Å². The van der Waals surface area contributed by atoms with E-state index in [-0.39, 0.29) is 17.2 Å². The van der Waals surface area contributed by atoms with Crippen molar-refractivity contribution in [1.29, 1.82) is 0 Å². The topological polar surface area (TPSA) is 66.4 Å². The Hall–Kier alpha value is -1.85. The van der Waals surface area contributed by atoms with E-state index in [9.17, 15) is 9.59 Å². The molecule has 1 aromatic carbocycles. The van der Waals surface area contributed by atoms with Crippen molar-refractivity contribution in [2.45, 2.75) is 13.3 Å². The van der Waals surface area contributed by atoms with Crippen molar-refractivity contribution in [3.63, 3.8) is 0 Å². The smallest absolute Gasteiger partial charge is 0.337 e. The average molecular weight is 310 g/mol. The first-order valence-electron chi connectivity index (χ1n) is 5.93. The number of thiophene rings is 1. The predicted octanol–water partition coefficient (Wildman–Crippen LogP) is 3.91. The zero-order chi connectivity index (χ0) is 14.7. The first-order valence-corrected chi connectivity index (χ1v) is 7.19. The fourth-order valence-electron chi connectivity index (χ4n) is 1.80. The van der Waals surface area contributed by atoms with Gasteiger partial charge in [0.1, 0.15) is 0 Å². The summed E-state index contributed by atoms with van der Waals surface area (Å²) in [6.45, 7) is 1.96. The molecule has 0 fully saturated rings. The summed E-state index contributed by atoms with van der Waals surface area (Å²) in [5.74, 6) is -1.43. The highest BCUT2D eigenvalue weighted by Gasteiger charge is 2.16. The maximum absolute atomic E-state index is 12.2. The Morgan fingerprint density at radius 2 is 2.10 bits per heavy atom. The number of rotatable bonds is 4. The van der Waals surface area contributed by atoms with Crippen LogP contribution in [-0.4, -0.2) is 17.0 Å². The van der Waals surface area contributed by atoms with Crippen LogP contribution < -0.4 is 5.32 Å². The van der Waals surface area contributed by atoms with E-state index < -0.39 is 5.97 Å². The first kappa shape index (κ1) is 14.6. The van der Waals surface area contributed by atoms with Crippen molar-refractivity contribution in [3.05, 3.63) is 50.7 Å². The number of hydrogen-bond acceptors (Lipinski definition) is 3. The van der Waals surface area contributed by atoms with Gasteiger partial charge in [0.25, 0.3) is 5.91 Å². The Morgan fingerprint density at radius 3 is 2.75 bits per heavy atom. The van der Waals surface area contributed by atoms with Crippen LogP contribution in [0.3, 0.4) is 0 Å². The molecule has 0 aliphatic rings. The molecular weight excluding hydrogens is 298 g/mol. The second kappa shape index (κ2) is 6.07. The highest BCUT2D eigenvalue weighted by molar-refractivity contribution is 7.12. The van der Waals surface area contributed by atoms with Crippen molar-refractivity contribution in [2.75, 3.05) is 5.32 Å². The zero-order valence-electron chi connectivity index (χ0n) is 10.6. The molecule has 0 spiro atoms. The Kier molecular flexibility index (Phi) is 4.42. The predicted molar refractivity (Wildman–Crippen MR) is 80.1 cm³/mol. The number of amides is 1. The summed E-state index contributed by atoms with van der Waals surface area (Å²) >= 11 is 7.17. The van der Waals surface area contributed by atoms with Crippen molar-refractivity contribution in [2.24, 2.45) is 0 Å². The number of aryl methyl sites for hydroxylation is 1. The number of carboxylic acid groups (broad SMARTS) is 1. The Balaban J connectivity index is 2.32. The van der Waals surface area contributed by atoms with Crippen molar-refractivity contribution in [3.8, 4) is 0 Å². The third-order valence-corrected chi connectivity index (χ3v) is 3.98. The molecular formula is C14H12ClNO3S. The molecule has 2 aromatic rings. The van der Waals surface area contributed by atoms with E-state index in [0.29, 0.717) is 9.90 Å². The summed E-state index contributed by atoms with van der Waals surface area (Å²) in [6, 6.07) is 6.16. The number of carbonyl (C=O) groups excluding carboxylic acids is 1. The number of benzene rings is 1. The van der Waals surface area contributed by atoms with Gasteiger partial charge < -0.3 is 10.4 Å². The number of nitrogens with one attached hydrogen (secondary N) is 1. The second-order valence-electron chi connectivity index (χ2n) is 4.08. The van der Waals surface area contributed by atoms with Gasteiger partial charge in [-0.1, -0.05) is 18.5 Å². The fourth-order valence-corrected chi connectivity index (χ4v) is 2.86. The monoisotopic (exact) mass is 309 g/mol. The molecule has 1 aromatic heterocycles. The Bertz CT molecular complexity index is 666. The largest absolute Gasteiger partial charge is 0.478 e. The molecule has 0 saturated carbocycles. The van der Waals surface area contributed by atoms with E-state index in [1.807, 2.05) is 18.4 Å². The van der Waals surface area contributed by atoms with Crippen molar-refractivity contribution >= 4 is 40.5 Å². The maximum atomic E-state index is 12.2. The van der Waals surface area contributed by atoms with Crippen LogP contribution >= 0.6 is 22.9 Å². The van der Waals surface area contributed by atoms with E-state index in [4.69, 9.17) is 16.7 Å². The van der Waals surface area contributed by atoms with Crippen LogP contribution in [0.2, 0.25) is 5.02 Å². The van der Waals surface area contributed by atoms with Gasteiger partial charge in [-0.05, 0) is 41.6 Å². The lowest BCUT2D eigenvalue weighted by molar-refractivity contribution is 0.0698. The van der Waals surface area contributed by atoms with E-state index in [0.717, 1.165) is 12.0 Å². The summed E-state index contributed by atoms with van der Waals surface area (Å²) in [4.78, 5) is 23.9.